The summed E-state index contributed by atoms with van der Waals surface area (Å²) in [6, 6.07) is 1.72. The number of esters is 1. The highest BCUT2D eigenvalue weighted by molar-refractivity contribution is 6.40. The second-order valence-corrected chi connectivity index (χ2v) is 2.36. The average Bonchev–Trinajstić information content (AvgIpc) is 2.48. The first-order valence-corrected chi connectivity index (χ1v) is 3.43. The molecular weight excluding hydrogens is 158 g/mol. The molecule has 1 N–H and O–H groups in total. The fourth-order valence-electron chi connectivity index (χ4n) is 0.887. The Morgan fingerprint density at radius 1 is 1.50 bits per heavy atom. The summed E-state index contributed by atoms with van der Waals surface area (Å²) in [7, 11) is 1.18. The van der Waals surface area contributed by atoms with Gasteiger partial charge in [0.15, 0.2) is 0 Å². The van der Waals surface area contributed by atoms with E-state index in [9.17, 15) is 9.59 Å². The minimum absolute atomic E-state index is 0.293. The van der Waals surface area contributed by atoms with Crippen molar-refractivity contribution in [2.24, 2.45) is 0 Å². The van der Waals surface area contributed by atoms with E-state index in [-0.39, 0.29) is 0 Å². The molecule has 4 nitrogen and oxygen atoms in total. The maximum atomic E-state index is 11.2. The lowest BCUT2D eigenvalue weighted by atomic mass is 10.2. The molecule has 0 spiro atoms. The third-order valence-electron chi connectivity index (χ3n) is 1.55. The van der Waals surface area contributed by atoms with Crippen LogP contribution in [0.25, 0.3) is 0 Å². The Kier molecular flexibility index (Phi) is 2.28. The molecule has 0 aromatic carbocycles. The van der Waals surface area contributed by atoms with Crippen LogP contribution >= 0.6 is 0 Å². The van der Waals surface area contributed by atoms with Crippen molar-refractivity contribution in [3.05, 3.63) is 23.5 Å². The monoisotopic (exact) mass is 167 g/mol. The molecule has 0 aliphatic heterocycles. The summed E-state index contributed by atoms with van der Waals surface area (Å²) >= 11 is 0. The van der Waals surface area contributed by atoms with Crippen LogP contribution in [0.3, 0.4) is 0 Å². The van der Waals surface area contributed by atoms with E-state index in [2.05, 4.69) is 9.72 Å². The predicted molar refractivity (Wildman–Crippen MR) is 41.9 cm³/mol. The van der Waals surface area contributed by atoms with Crippen LogP contribution in [0.4, 0.5) is 0 Å². The molecule has 0 fully saturated rings. The Morgan fingerprint density at radius 2 is 2.17 bits per heavy atom. The van der Waals surface area contributed by atoms with Gasteiger partial charge in [0.2, 0.25) is 0 Å². The van der Waals surface area contributed by atoms with E-state index in [0.717, 1.165) is 5.56 Å². The van der Waals surface area contributed by atoms with Gasteiger partial charge in [-0.1, -0.05) is 0 Å². The minimum Gasteiger partial charge on any atom is -0.463 e. The molecule has 0 aliphatic rings. The van der Waals surface area contributed by atoms with Crippen molar-refractivity contribution in [2.45, 2.75) is 6.92 Å². The lowest BCUT2D eigenvalue weighted by Crippen LogP contribution is -2.16. The van der Waals surface area contributed by atoms with Crippen LogP contribution in [0.5, 0.6) is 0 Å². The van der Waals surface area contributed by atoms with E-state index in [0.29, 0.717) is 5.69 Å². The second-order valence-electron chi connectivity index (χ2n) is 2.36. The van der Waals surface area contributed by atoms with E-state index in [1.165, 1.54) is 7.11 Å². The number of methoxy groups -OCH3 is 1. The molecule has 1 heterocycles. The smallest absolute Gasteiger partial charge is 0.381 e. The summed E-state index contributed by atoms with van der Waals surface area (Å²) in [5.74, 6) is -1.49. The Morgan fingerprint density at radius 3 is 2.58 bits per heavy atom. The molecule has 64 valence electrons. The third kappa shape index (κ3) is 1.37. The Bertz CT molecular complexity index is 314. The normalized spacial score (nSPS) is 9.50. The number of rotatable bonds is 2. The number of ether oxygens (including phenoxy) is 1. The number of aromatic amines is 1. The number of hydrogen-bond acceptors (Lipinski definition) is 3. The van der Waals surface area contributed by atoms with Gasteiger partial charge in [0, 0.05) is 6.20 Å². The number of Topliss-reactive ketones (excluding diaryl/α,β-unsaturated/α-hetero) is 1. The van der Waals surface area contributed by atoms with Crippen molar-refractivity contribution in [2.75, 3.05) is 7.11 Å². The first-order valence-electron chi connectivity index (χ1n) is 3.43. The van der Waals surface area contributed by atoms with Gasteiger partial charge in [-0.2, -0.15) is 0 Å². The van der Waals surface area contributed by atoms with Gasteiger partial charge in [-0.3, -0.25) is 4.79 Å². The third-order valence-corrected chi connectivity index (χ3v) is 1.55. The summed E-state index contributed by atoms with van der Waals surface area (Å²) in [4.78, 5) is 24.6. The molecule has 1 rings (SSSR count). The summed E-state index contributed by atoms with van der Waals surface area (Å²) in [5.41, 5.74) is 1.03. The largest absolute Gasteiger partial charge is 0.463 e. The van der Waals surface area contributed by atoms with Crippen molar-refractivity contribution in [3.63, 3.8) is 0 Å². The maximum Gasteiger partial charge on any atom is 0.381 e. The van der Waals surface area contributed by atoms with Gasteiger partial charge in [0.25, 0.3) is 5.78 Å². The van der Waals surface area contributed by atoms with E-state index >= 15 is 0 Å². The standard InChI is InChI=1S/C8H9NO3/c1-5-3-4-9-6(5)7(10)8(11)12-2/h3-4,9H,1-2H3. The maximum absolute atomic E-state index is 11.2. The number of H-pyrrole nitrogens is 1. The van der Waals surface area contributed by atoms with Crippen molar-refractivity contribution >= 4 is 11.8 Å². The zero-order chi connectivity index (χ0) is 9.14. The minimum atomic E-state index is -0.847. The zero-order valence-corrected chi connectivity index (χ0v) is 6.88. The van der Waals surface area contributed by atoms with Crippen LogP contribution in [0, 0.1) is 6.92 Å². The SMILES string of the molecule is COC(=O)C(=O)c1[nH]ccc1C. The van der Waals surface area contributed by atoms with Crippen molar-refractivity contribution in [3.8, 4) is 0 Å². The number of nitrogens with one attached hydrogen (secondary N) is 1. The number of aromatic nitrogens is 1. The fraction of sp³-hybridized carbons (Fsp3) is 0.250. The average molecular weight is 167 g/mol. The predicted octanol–water partition coefficient (Wildman–Crippen LogP) is 0.679. The fourth-order valence-corrected chi connectivity index (χ4v) is 0.887. The number of hydrogen-bond donors (Lipinski definition) is 1. The van der Waals surface area contributed by atoms with Crippen LogP contribution < -0.4 is 0 Å². The van der Waals surface area contributed by atoms with Gasteiger partial charge in [0.1, 0.15) is 0 Å². The topological polar surface area (TPSA) is 59.2 Å². The molecule has 0 radical (unpaired) electrons. The van der Waals surface area contributed by atoms with E-state index in [1.807, 2.05) is 0 Å². The lowest BCUT2D eigenvalue weighted by Gasteiger charge is -1.96. The number of ketones is 1. The van der Waals surface area contributed by atoms with Crippen molar-refractivity contribution in [1.29, 1.82) is 0 Å². The van der Waals surface area contributed by atoms with Gasteiger partial charge in [-0.05, 0) is 18.6 Å². The molecule has 12 heavy (non-hydrogen) atoms. The molecular formula is C8H9NO3. The Balaban J connectivity index is 2.93. The van der Waals surface area contributed by atoms with Gasteiger partial charge >= 0.3 is 5.97 Å². The molecule has 0 saturated carbocycles. The van der Waals surface area contributed by atoms with Gasteiger partial charge in [0.05, 0.1) is 12.8 Å². The highest BCUT2D eigenvalue weighted by atomic mass is 16.5. The van der Waals surface area contributed by atoms with Crippen LogP contribution in [-0.4, -0.2) is 23.8 Å². The number of carbonyl (C=O) groups is 2. The highest BCUT2D eigenvalue weighted by Crippen LogP contribution is 2.05. The quantitative estimate of drug-likeness (QED) is 0.400. The summed E-state index contributed by atoms with van der Waals surface area (Å²) in [5, 5.41) is 0. The van der Waals surface area contributed by atoms with Gasteiger partial charge in [-0.25, -0.2) is 4.79 Å². The molecule has 4 heteroatoms. The first-order chi connectivity index (χ1) is 5.66. The molecule has 1 aromatic rings. The molecule has 0 atom stereocenters. The van der Waals surface area contributed by atoms with E-state index in [4.69, 9.17) is 0 Å². The summed E-state index contributed by atoms with van der Waals surface area (Å²) in [6.45, 7) is 1.74. The summed E-state index contributed by atoms with van der Waals surface area (Å²) in [6.07, 6.45) is 1.60. The Hall–Kier alpha value is -1.58. The molecule has 0 unspecified atom stereocenters. The highest BCUT2D eigenvalue weighted by Gasteiger charge is 2.19. The molecule has 1 aromatic heterocycles. The van der Waals surface area contributed by atoms with Crippen LogP contribution in [-0.2, 0) is 9.53 Å². The molecule has 0 saturated heterocycles. The second kappa shape index (κ2) is 3.21. The van der Waals surface area contributed by atoms with Crippen molar-refractivity contribution < 1.29 is 14.3 Å². The van der Waals surface area contributed by atoms with E-state index in [1.54, 1.807) is 19.2 Å². The molecule has 0 bridgehead atoms. The van der Waals surface area contributed by atoms with Crippen LogP contribution in [0.15, 0.2) is 12.3 Å². The first kappa shape index (κ1) is 8.52. The summed E-state index contributed by atoms with van der Waals surface area (Å²) < 4.78 is 4.28. The Labute approximate surface area is 69.5 Å². The van der Waals surface area contributed by atoms with Crippen molar-refractivity contribution in [1.82, 2.24) is 4.98 Å². The molecule has 0 amide bonds. The zero-order valence-electron chi connectivity index (χ0n) is 6.88. The van der Waals surface area contributed by atoms with Crippen LogP contribution in [0.1, 0.15) is 16.1 Å². The van der Waals surface area contributed by atoms with E-state index < -0.39 is 11.8 Å². The number of carbonyl (C=O) groups excluding carboxylic acids is 2. The number of aryl methyl sites for hydroxylation is 1. The van der Waals surface area contributed by atoms with Gasteiger partial charge in [-0.15, -0.1) is 0 Å². The van der Waals surface area contributed by atoms with Crippen LogP contribution in [0.2, 0.25) is 0 Å². The molecule has 0 aliphatic carbocycles. The lowest BCUT2D eigenvalue weighted by molar-refractivity contribution is -0.135. The van der Waals surface area contributed by atoms with Gasteiger partial charge < -0.3 is 9.72 Å².